The zero-order valence-electron chi connectivity index (χ0n) is 10.2. The maximum atomic E-state index is 9.47. The molecule has 0 aromatic rings. The molecule has 0 rings (SSSR count). The summed E-state index contributed by atoms with van der Waals surface area (Å²) in [7, 11) is 0. The van der Waals surface area contributed by atoms with Crippen molar-refractivity contribution < 1.29 is 20.0 Å². The summed E-state index contributed by atoms with van der Waals surface area (Å²) in [6.07, 6.45) is 0.885. The Bertz CT molecular complexity index is 159. The molecule has 2 N–H and O–H groups in total. The van der Waals surface area contributed by atoms with Gasteiger partial charge in [-0.05, 0) is 20.3 Å². The Hall–Kier alpha value is -0.160. The van der Waals surface area contributed by atoms with E-state index in [1.807, 2.05) is 27.7 Å². The van der Waals surface area contributed by atoms with Crippen molar-refractivity contribution in [3.63, 3.8) is 0 Å². The molecule has 92 valence electrons. The maximum absolute atomic E-state index is 9.47. The van der Waals surface area contributed by atoms with Crippen LogP contribution in [0.25, 0.3) is 0 Å². The first-order valence-corrected chi connectivity index (χ1v) is 5.50. The fraction of sp³-hybridized carbons (Fsp3) is 1.00. The standard InChI is InChI=1S/C11H24O4/c1-5-10(13)6-11(3,4)15-14-8-9(2)7-12/h9-10,12-13H,5-8H2,1-4H3. The van der Waals surface area contributed by atoms with E-state index in [1.165, 1.54) is 0 Å². The average Bonchev–Trinajstić information content (AvgIpc) is 2.16. The van der Waals surface area contributed by atoms with E-state index < -0.39 is 5.60 Å². The molecule has 0 radical (unpaired) electrons. The third-order valence-corrected chi connectivity index (χ3v) is 2.15. The van der Waals surface area contributed by atoms with Crippen LogP contribution in [0, 0.1) is 5.92 Å². The van der Waals surface area contributed by atoms with Gasteiger partial charge >= 0.3 is 0 Å². The van der Waals surface area contributed by atoms with Crippen LogP contribution in [0.3, 0.4) is 0 Å². The van der Waals surface area contributed by atoms with Gasteiger partial charge in [-0.2, -0.15) is 0 Å². The first-order chi connectivity index (χ1) is 6.91. The van der Waals surface area contributed by atoms with Crippen molar-refractivity contribution in [2.24, 2.45) is 5.92 Å². The van der Waals surface area contributed by atoms with Crippen LogP contribution in [0.5, 0.6) is 0 Å². The van der Waals surface area contributed by atoms with Crippen LogP contribution in [0.15, 0.2) is 0 Å². The first kappa shape index (κ1) is 14.8. The minimum Gasteiger partial charge on any atom is -0.396 e. The fourth-order valence-corrected chi connectivity index (χ4v) is 1.11. The van der Waals surface area contributed by atoms with Gasteiger partial charge in [-0.25, -0.2) is 9.78 Å². The molecule has 2 unspecified atom stereocenters. The summed E-state index contributed by atoms with van der Waals surface area (Å²) in [4.78, 5) is 10.2. The summed E-state index contributed by atoms with van der Waals surface area (Å²) in [6.45, 7) is 7.99. The molecule has 0 aliphatic carbocycles. The molecule has 2 atom stereocenters. The van der Waals surface area contributed by atoms with Gasteiger partial charge in [-0.15, -0.1) is 0 Å². The smallest absolute Gasteiger partial charge is 0.100 e. The molecule has 4 nitrogen and oxygen atoms in total. The third kappa shape index (κ3) is 7.73. The Morgan fingerprint density at radius 3 is 2.40 bits per heavy atom. The second-order valence-corrected chi connectivity index (χ2v) is 4.68. The number of hydrogen-bond acceptors (Lipinski definition) is 4. The summed E-state index contributed by atoms with van der Waals surface area (Å²) in [5.74, 6) is 0.0666. The Morgan fingerprint density at radius 1 is 1.33 bits per heavy atom. The zero-order chi connectivity index (χ0) is 11.9. The van der Waals surface area contributed by atoms with Crippen molar-refractivity contribution in [2.75, 3.05) is 13.2 Å². The predicted octanol–water partition coefficient (Wildman–Crippen LogP) is 1.50. The highest BCUT2D eigenvalue weighted by molar-refractivity contribution is 4.71. The van der Waals surface area contributed by atoms with Crippen LogP contribution >= 0.6 is 0 Å². The van der Waals surface area contributed by atoms with E-state index in [1.54, 1.807) is 0 Å². The molecule has 0 aromatic carbocycles. The Labute approximate surface area is 92.1 Å². The van der Waals surface area contributed by atoms with Crippen molar-refractivity contribution in [1.82, 2.24) is 0 Å². The molecule has 0 bridgehead atoms. The molecule has 0 aliphatic heterocycles. The van der Waals surface area contributed by atoms with Gasteiger partial charge in [0, 0.05) is 18.9 Å². The second kappa shape index (κ2) is 7.17. The van der Waals surface area contributed by atoms with Crippen molar-refractivity contribution in [2.45, 2.75) is 52.2 Å². The van der Waals surface area contributed by atoms with Crippen LogP contribution in [0.2, 0.25) is 0 Å². The monoisotopic (exact) mass is 220 g/mol. The van der Waals surface area contributed by atoms with Crippen molar-refractivity contribution in [3.8, 4) is 0 Å². The van der Waals surface area contributed by atoms with Gasteiger partial charge in [0.1, 0.15) is 5.60 Å². The highest BCUT2D eigenvalue weighted by Gasteiger charge is 2.23. The molecule has 15 heavy (non-hydrogen) atoms. The molecular formula is C11H24O4. The number of hydrogen-bond donors (Lipinski definition) is 2. The number of rotatable bonds is 8. The summed E-state index contributed by atoms with van der Waals surface area (Å²) >= 11 is 0. The summed E-state index contributed by atoms with van der Waals surface area (Å²) in [6, 6.07) is 0. The van der Waals surface area contributed by atoms with E-state index in [4.69, 9.17) is 14.9 Å². The van der Waals surface area contributed by atoms with Crippen LogP contribution in [0.4, 0.5) is 0 Å². The van der Waals surface area contributed by atoms with E-state index in [0.717, 1.165) is 0 Å². The van der Waals surface area contributed by atoms with Gasteiger partial charge in [0.25, 0.3) is 0 Å². The molecule has 0 aliphatic rings. The quantitative estimate of drug-likeness (QED) is 0.481. The Balaban J connectivity index is 3.73. The molecule has 0 heterocycles. The minimum absolute atomic E-state index is 0.0666. The van der Waals surface area contributed by atoms with E-state index >= 15 is 0 Å². The summed E-state index contributed by atoms with van der Waals surface area (Å²) < 4.78 is 0. The predicted molar refractivity (Wildman–Crippen MR) is 58.3 cm³/mol. The molecule has 0 saturated heterocycles. The van der Waals surface area contributed by atoms with Crippen molar-refractivity contribution in [1.29, 1.82) is 0 Å². The lowest BCUT2D eigenvalue weighted by Crippen LogP contribution is -2.30. The molecule has 0 fully saturated rings. The van der Waals surface area contributed by atoms with Crippen molar-refractivity contribution >= 4 is 0 Å². The van der Waals surface area contributed by atoms with Crippen LogP contribution in [0.1, 0.15) is 40.5 Å². The largest absolute Gasteiger partial charge is 0.396 e. The van der Waals surface area contributed by atoms with Crippen LogP contribution in [-0.4, -0.2) is 35.1 Å². The zero-order valence-corrected chi connectivity index (χ0v) is 10.2. The minimum atomic E-state index is -0.495. The number of aliphatic hydroxyl groups is 2. The molecule has 0 aromatic heterocycles. The second-order valence-electron chi connectivity index (χ2n) is 4.68. The fourth-order valence-electron chi connectivity index (χ4n) is 1.11. The molecule has 0 spiro atoms. The molecule has 4 heteroatoms. The van der Waals surface area contributed by atoms with Gasteiger partial charge in [0.05, 0.1) is 12.7 Å². The first-order valence-electron chi connectivity index (χ1n) is 5.50. The van der Waals surface area contributed by atoms with Crippen LogP contribution in [-0.2, 0) is 9.78 Å². The molecule has 0 saturated carbocycles. The number of aliphatic hydroxyl groups excluding tert-OH is 2. The normalized spacial score (nSPS) is 16.4. The lowest BCUT2D eigenvalue weighted by atomic mass is 10.00. The average molecular weight is 220 g/mol. The van der Waals surface area contributed by atoms with Gasteiger partial charge in [0.2, 0.25) is 0 Å². The summed E-state index contributed by atoms with van der Waals surface area (Å²) in [5.41, 5.74) is -0.495. The highest BCUT2D eigenvalue weighted by Crippen LogP contribution is 2.18. The molecule has 0 amide bonds. The highest BCUT2D eigenvalue weighted by atomic mass is 17.2. The van der Waals surface area contributed by atoms with Gasteiger partial charge in [0.15, 0.2) is 0 Å². The van der Waals surface area contributed by atoms with Gasteiger partial charge in [-0.3, -0.25) is 0 Å². The Kier molecular flexibility index (Phi) is 7.09. The van der Waals surface area contributed by atoms with Crippen LogP contribution < -0.4 is 0 Å². The van der Waals surface area contributed by atoms with E-state index in [0.29, 0.717) is 19.4 Å². The van der Waals surface area contributed by atoms with Gasteiger partial charge < -0.3 is 10.2 Å². The Morgan fingerprint density at radius 2 is 1.93 bits per heavy atom. The topological polar surface area (TPSA) is 58.9 Å². The van der Waals surface area contributed by atoms with E-state index in [2.05, 4.69) is 0 Å². The van der Waals surface area contributed by atoms with Gasteiger partial charge in [-0.1, -0.05) is 13.8 Å². The molecular weight excluding hydrogens is 196 g/mol. The third-order valence-electron chi connectivity index (χ3n) is 2.15. The SMILES string of the molecule is CCC(O)CC(C)(C)OOCC(C)CO. The summed E-state index contributed by atoms with van der Waals surface area (Å²) in [5, 5.41) is 18.2. The van der Waals surface area contributed by atoms with E-state index in [9.17, 15) is 5.11 Å². The maximum Gasteiger partial charge on any atom is 0.100 e. The lowest BCUT2D eigenvalue weighted by Gasteiger charge is -2.26. The van der Waals surface area contributed by atoms with Crippen molar-refractivity contribution in [3.05, 3.63) is 0 Å². The van der Waals surface area contributed by atoms with E-state index in [-0.39, 0.29) is 18.6 Å². The lowest BCUT2D eigenvalue weighted by molar-refractivity contribution is -0.362.